The fourth-order valence-corrected chi connectivity index (χ4v) is 4.42. The molecule has 0 bridgehead atoms. The fraction of sp³-hybridized carbons (Fsp3) is 0.500. The van der Waals surface area contributed by atoms with Gasteiger partial charge in [-0.1, -0.05) is 39.0 Å². The number of aromatic nitrogens is 2. The number of aliphatic carboxylic acids is 1. The lowest BCUT2D eigenvalue weighted by molar-refractivity contribution is -0.157. The molecule has 2 aliphatic rings. The Morgan fingerprint density at radius 3 is 2.59 bits per heavy atom. The largest absolute Gasteiger partial charge is 0.481 e. The molecule has 3 heterocycles. The van der Waals surface area contributed by atoms with E-state index in [4.69, 9.17) is 9.84 Å². The van der Waals surface area contributed by atoms with Crippen LogP contribution in [0.25, 0.3) is 5.69 Å². The van der Waals surface area contributed by atoms with E-state index >= 15 is 0 Å². The van der Waals surface area contributed by atoms with Gasteiger partial charge >= 0.3 is 5.97 Å². The van der Waals surface area contributed by atoms with E-state index in [9.17, 15) is 14.7 Å². The molecule has 154 valence electrons. The van der Waals surface area contributed by atoms with Crippen molar-refractivity contribution >= 4 is 11.9 Å². The third-order valence-corrected chi connectivity index (χ3v) is 6.10. The van der Waals surface area contributed by atoms with Crippen molar-refractivity contribution in [2.45, 2.75) is 32.6 Å². The van der Waals surface area contributed by atoms with Crippen LogP contribution in [0, 0.1) is 11.3 Å². The molecule has 0 saturated carbocycles. The molecule has 2 aliphatic heterocycles. The number of hydrogen-bond acceptors (Lipinski definition) is 4. The molecule has 0 unspecified atom stereocenters. The Bertz CT molecular complexity index is 931. The van der Waals surface area contributed by atoms with Crippen molar-refractivity contribution in [3.8, 4) is 5.69 Å². The van der Waals surface area contributed by atoms with E-state index in [1.165, 1.54) is 0 Å². The van der Waals surface area contributed by atoms with Crippen LogP contribution in [-0.4, -0.2) is 58.0 Å². The van der Waals surface area contributed by atoms with E-state index in [0.717, 1.165) is 5.69 Å². The van der Waals surface area contributed by atoms with E-state index in [-0.39, 0.29) is 23.8 Å². The lowest BCUT2D eigenvalue weighted by Crippen LogP contribution is -2.45. The summed E-state index contributed by atoms with van der Waals surface area (Å²) >= 11 is 0. The molecule has 1 amide bonds. The second-order valence-corrected chi connectivity index (χ2v) is 9.09. The molecule has 0 radical (unpaired) electrons. The molecule has 7 nitrogen and oxygen atoms in total. The van der Waals surface area contributed by atoms with Crippen molar-refractivity contribution in [2.24, 2.45) is 11.3 Å². The number of carboxylic acids is 1. The predicted octanol–water partition coefficient (Wildman–Crippen LogP) is 2.73. The number of nitrogens with zero attached hydrogens (tertiary/aromatic N) is 3. The number of hydrogen-bond donors (Lipinski definition) is 1. The maximum atomic E-state index is 13.5. The number of likely N-dealkylation sites (tertiary alicyclic amines) is 1. The Labute approximate surface area is 170 Å². The maximum absolute atomic E-state index is 13.5. The van der Waals surface area contributed by atoms with Crippen LogP contribution < -0.4 is 0 Å². The van der Waals surface area contributed by atoms with Crippen molar-refractivity contribution in [1.29, 1.82) is 0 Å². The average molecular weight is 397 g/mol. The number of rotatable bonds is 3. The van der Waals surface area contributed by atoms with Crippen LogP contribution >= 0.6 is 0 Å². The Balaban J connectivity index is 1.70. The van der Waals surface area contributed by atoms with Gasteiger partial charge in [0.05, 0.1) is 29.0 Å². The van der Waals surface area contributed by atoms with Crippen LogP contribution in [0.5, 0.6) is 0 Å². The third kappa shape index (κ3) is 3.33. The van der Waals surface area contributed by atoms with Gasteiger partial charge in [0.1, 0.15) is 0 Å². The van der Waals surface area contributed by atoms with Crippen LogP contribution in [0.4, 0.5) is 0 Å². The standard InChI is InChI=1S/C22H27N3O4/c1-21(2,3)18-17(12-25(23-18)16-7-5-4-6-8-16)19(26)24-11-15-13-29-10-9-22(15,14-24)20(27)28/h4-8,12,15H,9-11,13-14H2,1-3H3,(H,27,28)/t15-,22+/m0/s1. The highest BCUT2D eigenvalue weighted by Gasteiger charge is 2.55. The van der Waals surface area contributed by atoms with Crippen molar-refractivity contribution in [1.82, 2.24) is 14.7 Å². The second-order valence-electron chi connectivity index (χ2n) is 9.09. The molecule has 1 aromatic heterocycles. The average Bonchev–Trinajstić information content (AvgIpc) is 3.31. The highest BCUT2D eigenvalue weighted by Crippen LogP contribution is 2.43. The monoisotopic (exact) mass is 397 g/mol. The van der Waals surface area contributed by atoms with Gasteiger partial charge < -0.3 is 14.7 Å². The van der Waals surface area contributed by atoms with Gasteiger partial charge in [-0.05, 0) is 18.6 Å². The summed E-state index contributed by atoms with van der Waals surface area (Å²) in [5, 5.41) is 14.6. The summed E-state index contributed by atoms with van der Waals surface area (Å²) in [6.45, 7) is 7.49. The zero-order chi connectivity index (χ0) is 20.8. The third-order valence-electron chi connectivity index (χ3n) is 6.10. The lowest BCUT2D eigenvalue weighted by Gasteiger charge is -2.33. The number of benzene rings is 1. The maximum Gasteiger partial charge on any atom is 0.311 e. The minimum Gasteiger partial charge on any atom is -0.481 e. The zero-order valence-electron chi connectivity index (χ0n) is 17.1. The molecule has 2 atom stereocenters. The van der Waals surface area contributed by atoms with E-state index < -0.39 is 11.4 Å². The Morgan fingerprint density at radius 2 is 1.97 bits per heavy atom. The lowest BCUT2D eigenvalue weighted by atomic mass is 9.74. The topological polar surface area (TPSA) is 84.7 Å². The summed E-state index contributed by atoms with van der Waals surface area (Å²) in [5.74, 6) is -1.18. The smallest absolute Gasteiger partial charge is 0.311 e. The predicted molar refractivity (Wildman–Crippen MR) is 107 cm³/mol. The van der Waals surface area contributed by atoms with Crippen LogP contribution in [0.2, 0.25) is 0 Å². The van der Waals surface area contributed by atoms with Crippen molar-refractivity contribution in [3.63, 3.8) is 0 Å². The van der Waals surface area contributed by atoms with Crippen LogP contribution in [0.3, 0.4) is 0 Å². The first-order valence-electron chi connectivity index (χ1n) is 9.98. The number of carbonyl (C=O) groups excluding carboxylic acids is 1. The SMILES string of the molecule is CC(C)(C)c1nn(-c2ccccc2)cc1C(=O)N1C[C@H]2COCC[C@@]2(C(=O)O)C1. The normalized spacial score (nSPS) is 24.4. The van der Waals surface area contributed by atoms with Gasteiger partial charge in [-0.25, -0.2) is 4.68 Å². The summed E-state index contributed by atoms with van der Waals surface area (Å²) in [4.78, 5) is 27.2. The van der Waals surface area contributed by atoms with E-state index in [1.807, 2.05) is 51.1 Å². The molecule has 2 saturated heterocycles. The Morgan fingerprint density at radius 1 is 1.24 bits per heavy atom. The fourth-order valence-electron chi connectivity index (χ4n) is 4.42. The molecule has 4 rings (SSSR count). The molecular formula is C22H27N3O4. The Kier molecular flexibility index (Phi) is 4.73. The molecule has 7 heteroatoms. The number of carboxylic acid groups (broad SMARTS) is 1. The van der Waals surface area contributed by atoms with Gasteiger partial charge in [0.25, 0.3) is 5.91 Å². The summed E-state index contributed by atoms with van der Waals surface area (Å²) < 4.78 is 7.24. The number of carbonyl (C=O) groups is 2. The first kappa shape index (κ1) is 19.6. The van der Waals surface area contributed by atoms with Crippen LogP contribution in [0.1, 0.15) is 43.2 Å². The Hall–Kier alpha value is -2.67. The van der Waals surface area contributed by atoms with Gasteiger partial charge in [-0.3, -0.25) is 9.59 Å². The number of ether oxygens (including phenoxy) is 1. The van der Waals surface area contributed by atoms with Gasteiger partial charge in [-0.2, -0.15) is 5.10 Å². The molecular weight excluding hydrogens is 370 g/mol. The second kappa shape index (κ2) is 6.99. The first-order valence-corrected chi connectivity index (χ1v) is 9.98. The summed E-state index contributed by atoms with van der Waals surface area (Å²) in [5.41, 5.74) is 0.877. The van der Waals surface area contributed by atoms with Gasteiger partial charge in [0.2, 0.25) is 0 Å². The van der Waals surface area contributed by atoms with Gasteiger partial charge in [0.15, 0.2) is 0 Å². The number of para-hydroxylation sites is 1. The van der Waals surface area contributed by atoms with Crippen molar-refractivity contribution in [2.75, 3.05) is 26.3 Å². The van der Waals surface area contributed by atoms with Crippen LogP contribution in [-0.2, 0) is 14.9 Å². The summed E-state index contributed by atoms with van der Waals surface area (Å²) in [6, 6.07) is 9.67. The number of amides is 1. The van der Waals surface area contributed by atoms with Crippen molar-refractivity contribution in [3.05, 3.63) is 47.8 Å². The summed E-state index contributed by atoms with van der Waals surface area (Å²) in [7, 11) is 0. The molecule has 0 aliphatic carbocycles. The van der Waals surface area contributed by atoms with E-state index in [1.54, 1.807) is 15.8 Å². The quantitative estimate of drug-likeness (QED) is 0.861. The van der Waals surface area contributed by atoms with E-state index in [2.05, 4.69) is 0 Å². The number of fused-ring (bicyclic) bond motifs is 1. The van der Waals surface area contributed by atoms with Gasteiger partial charge in [-0.15, -0.1) is 0 Å². The molecule has 1 N–H and O–H groups in total. The first-order chi connectivity index (χ1) is 13.7. The van der Waals surface area contributed by atoms with Crippen molar-refractivity contribution < 1.29 is 19.4 Å². The highest BCUT2D eigenvalue weighted by atomic mass is 16.5. The molecule has 0 spiro atoms. The molecule has 2 aromatic rings. The molecule has 2 fully saturated rings. The summed E-state index contributed by atoms with van der Waals surface area (Å²) in [6.07, 6.45) is 2.20. The highest BCUT2D eigenvalue weighted by molar-refractivity contribution is 5.96. The van der Waals surface area contributed by atoms with E-state index in [0.29, 0.717) is 37.4 Å². The minimum absolute atomic E-state index is 0.160. The molecule has 1 aromatic carbocycles. The van der Waals surface area contributed by atoms with Crippen LogP contribution in [0.15, 0.2) is 36.5 Å². The molecule has 29 heavy (non-hydrogen) atoms. The zero-order valence-corrected chi connectivity index (χ0v) is 17.1. The van der Waals surface area contributed by atoms with Gasteiger partial charge in [0, 0.05) is 37.2 Å². The minimum atomic E-state index is -0.911.